The van der Waals surface area contributed by atoms with Crippen molar-refractivity contribution in [3.05, 3.63) is 34.6 Å². The van der Waals surface area contributed by atoms with Gasteiger partial charge in [-0.1, -0.05) is 23.2 Å². The van der Waals surface area contributed by atoms with Gasteiger partial charge in [-0.2, -0.15) is 0 Å². The minimum atomic E-state index is -0.913. The van der Waals surface area contributed by atoms with Crippen molar-refractivity contribution in [2.45, 2.75) is 17.9 Å². The molecule has 4 rings (SSSR count). The van der Waals surface area contributed by atoms with Crippen LogP contribution < -0.4 is 10.2 Å². The zero-order valence-corrected chi connectivity index (χ0v) is 13.2. The Labute approximate surface area is 141 Å². The smallest absolute Gasteiger partial charge is 0.333 e. The first-order chi connectivity index (χ1) is 11.0. The molecule has 0 amide bonds. The molecule has 1 unspecified atom stereocenters. The van der Waals surface area contributed by atoms with E-state index in [0.29, 0.717) is 23.8 Å². The second kappa shape index (κ2) is 5.09. The number of nitrogens with zero attached hydrogens (tertiary/aromatic N) is 2. The molecule has 0 bridgehead atoms. The van der Waals surface area contributed by atoms with Gasteiger partial charge < -0.3 is 19.7 Å². The minimum absolute atomic E-state index is 0.148. The fourth-order valence-electron chi connectivity index (χ4n) is 3.12. The fourth-order valence-corrected chi connectivity index (χ4v) is 3.38. The molecular formula is C14H11Cl2N3O4. The summed E-state index contributed by atoms with van der Waals surface area (Å²) in [6.45, 7) is 0.880. The van der Waals surface area contributed by atoms with Crippen LogP contribution >= 0.6 is 23.2 Å². The molecule has 9 heteroatoms. The normalized spacial score (nSPS) is 33.6. The Morgan fingerprint density at radius 3 is 2.78 bits per heavy atom. The molecule has 23 heavy (non-hydrogen) atoms. The van der Waals surface area contributed by atoms with E-state index in [1.165, 1.54) is 6.20 Å². The average Bonchev–Trinajstić information content (AvgIpc) is 2.68. The van der Waals surface area contributed by atoms with E-state index >= 15 is 0 Å². The summed E-state index contributed by atoms with van der Waals surface area (Å²) in [4.78, 5) is 29.5. The molecular weight excluding hydrogens is 345 g/mol. The Balaban J connectivity index is 1.75. The molecule has 7 nitrogen and oxygen atoms in total. The highest BCUT2D eigenvalue weighted by molar-refractivity contribution is 6.41. The van der Waals surface area contributed by atoms with Gasteiger partial charge in [0.25, 0.3) is 0 Å². The van der Waals surface area contributed by atoms with E-state index in [4.69, 9.17) is 32.7 Å². The second-order valence-electron chi connectivity index (χ2n) is 5.55. The van der Waals surface area contributed by atoms with Crippen LogP contribution in [0.2, 0.25) is 10.2 Å². The van der Waals surface area contributed by atoms with Crippen molar-refractivity contribution < 1.29 is 19.1 Å². The van der Waals surface area contributed by atoms with Crippen molar-refractivity contribution in [2.24, 2.45) is 0 Å². The second-order valence-corrected chi connectivity index (χ2v) is 6.32. The SMILES string of the molecule is O=C1/C=C/C(=O)O[C@@]23CN[C@H]2CN(c2cnc(Cl)c(Cl)c2)C3O1. The van der Waals surface area contributed by atoms with Gasteiger partial charge in [0.2, 0.25) is 6.23 Å². The number of aromatic nitrogens is 1. The van der Waals surface area contributed by atoms with E-state index < -0.39 is 23.8 Å². The van der Waals surface area contributed by atoms with Crippen molar-refractivity contribution in [1.29, 1.82) is 0 Å². The Kier molecular flexibility index (Phi) is 3.26. The van der Waals surface area contributed by atoms with Gasteiger partial charge in [-0.25, -0.2) is 14.6 Å². The summed E-state index contributed by atoms with van der Waals surface area (Å²) < 4.78 is 11.1. The van der Waals surface area contributed by atoms with Crippen molar-refractivity contribution in [3.8, 4) is 0 Å². The van der Waals surface area contributed by atoms with Gasteiger partial charge >= 0.3 is 11.9 Å². The predicted molar refractivity (Wildman–Crippen MR) is 81.2 cm³/mol. The van der Waals surface area contributed by atoms with Crippen LogP contribution in [0.15, 0.2) is 24.4 Å². The van der Waals surface area contributed by atoms with Gasteiger partial charge in [0, 0.05) is 25.2 Å². The molecule has 3 aliphatic rings. The Morgan fingerprint density at radius 2 is 2.09 bits per heavy atom. The van der Waals surface area contributed by atoms with Crippen molar-refractivity contribution in [3.63, 3.8) is 0 Å². The lowest BCUT2D eigenvalue weighted by atomic mass is 9.87. The maximum Gasteiger partial charge on any atom is 0.333 e. The lowest BCUT2D eigenvalue weighted by Crippen LogP contribution is -2.72. The van der Waals surface area contributed by atoms with Gasteiger partial charge in [0.05, 0.1) is 22.9 Å². The number of pyridine rings is 1. The van der Waals surface area contributed by atoms with E-state index in [0.717, 1.165) is 12.2 Å². The van der Waals surface area contributed by atoms with Crippen LogP contribution in [-0.4, -0.2) is 47.9 Å². The molecule has 1 spiro atoms. The molecule has 3 aliphatic heterocycles. The minimum Gasteiger partial charge on any atom is -0.447 e. The van der Waals surface area contributed by atoms with Crippen molar-refractivity contribution in [2.75, 3.05) is 18.0 Å². The number of hydrogen-bond donors (Lipinski definition) is 1. The van der Waals surface area contributed by atoms with Crippen molar-refractivity contribution in [1.82, 2.24) is 10.3 Å². The van der Waals surface area contributed by atoms with Gasteiger partial charge in [-0.05, 0) is 6.07 Å². The number of anilines is 1. The number of carbonyl (C=O) groups is 2. The zero-order valence-electron chi connectivity index (χ0n) is 11.7. The molecule has 1 N–H and O–H groups in total. The van der Waals surface area contributed by atoms with Crippen LogP contribution in [0.3, 0.4) is 0 Å². The third kappa shape index (κ3) is 2.19. The summed E-state index contributed by atoms with van der Waals surface area (Å²) in [5.41, 5.74) is -0.280. The highest BCUT2D eigenvalue weighted by atomic mass is 35.5. The lowest BCUT2D eigenvalue weighted by molar-refractivity contribution is -0.191. The number of nitrogens with one attached hydrogen (secondary N) is 1. The number of halogens is 2. The quantitative estimate of drug-likeness (QED) is 0.592. The molecule has 120 valence electrons. The highest BCUT2D eigenvalue weighted by Gasteiger charge is 2.65. The lowest BCUT2D eigenvalue weighted by Gasteiger charge is -2.46. The van der Waals surface area contributed by atoms with Crippen LogP contribution in [0, 0.1) is 0 Å². The monoisotopic (exact) mass is 355 g/mol. The average molecular weight is 356 g/mol. The molecule has 1 aromatic rings. The zero-order chi connectivity index (χ0) is 16.2. The molecule has 2 saturated heterocycles. The highest BCUT2D eigenvalue weighted by Crippen LogP contribution is 2.42. The standard InChI is InChI=1S/C14H11Cl2N3O4/c15-8-3-7(4-17-12(8)16)19-5-9-14(6-18-9)13(19)22-10(20)1-2-11(21)23-14/h1-4,9,13,18H,5-6H2/b2-1+/t9-,13?,14-/m0/s1. The number of esters is 2. The first-order valence-electron chi connectivity index (χ1n) is 6.92. The predicted octanol–water partition coefficient (Wildman–Crippen LogP) is 0.901. The van der Waals surface area contributed by atoms with Crippen LogP contribution in [0.25, 0.3) is 0 Å². The molecule has 4 heterocycles. The number of carbonyl (C=O) groups excluding carboxylic acids is 2. The number of hydrogen-bond acceptors (Lipinski definition) is 7. The summed E-state index contributed by atoms with van der Waals surface area (Å²) in [5.74, 6) is -1.16. The third-order valence-electron chi connectivity index (χ3n) is 4.28. The molecule has 1 aromatic heterocycles. The van der Waals surface area contributed by atoms with Crippen LogP contribution in [0.5, 0.6) is 0 Å². The molecule has 0 aromatic carbocycles. The largest absolute Gasteiger partial charge is 0.447 e. The molecule has 0 saturated carbocycles. The van der Waals surface area contributed by atoms with Gasteiger partial charge in [0.1, 0.15) is 5.15 Å². The topological polar surface area (TPSA) is 80.8 Å². The van der Waals surface area contributed by atoms with E-state index in [1.807, 2.05) is 0 Å². The van der Waals surface area contributed by atoms with Gasteiger partial charge in [-0.3, -0.25) is 0 Å². The van der Waals surface area contributed by atoms with Crippen LogP contribution in [-0.2, 0) is 19.1 Å². The van der Waals surface area contributed by atoms with E-state index in [9.17, 15) is 9.59 Å². The van der Waals surface area contributed by atoms with E-state index in [2.05, 4.69) is 10.3 Å². The first kappa shape index (κ1) is 14.7. The van der Waals surface area contributed by atoms with Gasteiger partial charge in [-0.15, -0.1) is 0 Å². The van der Waals surface area contributed by atoms with Gasteiger partial charge in [0.15, 0.2) is 5.60 Å². The Morgan fingerprint density at radius 1 is 1.30 bits per heavy atom. The molecule has 2 fully saturated rings. The van der Waals surface area contributed by atoms with Crippen LogP contribution in [0.4, 0.5) is 5.69 Å². The maximum absolute atomic E-state index is 11.9. The maximum atomic E-state index is 11.9. The summed E-state index contributed by atoms with van der Waals surface area (Å²) in [7, 11) is 0. The first-order valence-corrected chi connectivity index (χ1v) is 7.68. The number of ether oxygens (including phenoxy) is 2. The van der Waals surface area contributed by atoms with Crippen molar-refractivity contribution >= 4 is 40.8 Å². The summed E-state index contributed by atoms with van der Waals surface area (Å²) in [5, 5.41) is 3.67. The summed E-state index contributed by atoms with van der Waals surface area (Å²) >= 11 is 11.9. The molecule has 3 atom stereocenters. The van der Waals surface area contributed by atoms with Crippen LogP contribution in [0.1, 0.15) is 0 Å². The summed E-state index contributed by atoms with van der Waals surface area (Å²) in [6, 6.07) is 1.49. The van der Waals surface area contributed by atoms with E-state index in [-0.39, 0.29) is 11.2 Å². The molecule has 0 aliphatic carbocycles. The Hall–Kier alpha value is -1.83. The fraction of sp³-hybridized carbons (Fsp3) is 0.357. The Bertz CT molecular complexity index is 741. The third-order valence-corrected chi connectivity index (χ3v) is 4.97. The van der Waals surface area contributed by atoms with E-state index in [1.54, 1.807) is 11.0 Å². The summed E-state index contributed by atoms with van der Waals surface area (Å²) in [6.07, 6.45) is 2.91. The number of rotatable bonds is 1. The molecule has 0 radical (unpaired) electrons.